The Morgan fingerprint density at radius 1 is 1.14 bits per heavy atom. The second-order valence-electron chi connectivity index (χ2n) is 5.09. The molecule has 1 atom stereocenters. The summed E-state index contributed by atoms with van der Waals surface area (Å²) in [5.41, 5.74) is 0.229. The van der Waals surface area contributed by atoms with Gasteiger partial charge in [0.25, 0.3) is 0 Å². The zero-order chi connectivity index (χ0) is 10.8. The lowest BCUT2D eigenvalue weighted by molar-refractivity contribution is -0.877. The lowest BCUT2D eigenvalue weighted by atomic mass is 9.95. The molecule has 0 aliphatic carbocycles. The Balaban J connectivity index is 2.86. The fraction of sp³-hybridized carbons (Fsp3) is 0.500. The highest BCUT2D eigenvalue weighted by Gasteiger charge is 2.29. The molecular weight excluding hydrogens is 174 g/mol. The van der Waals surface area contributed by atoms with E-state index in [-0.39, 0.29) is 0 Å². The lowest BCUT2D eigenvalue weighted by Gasteiger charge is -2.33. The average Bonchev–Trinajstić information content (AvgIpc) is 2.01. The zero-order valence-corrected chi connectivity index (χ0v) is 9.49. The average molecular weight is 194 g/mol. The van der Waals surface area contributed by atoms with Gasteiger partial charge in [-0.1, -0.05) is 30.3 Å². The fourth-order valence-electron chi connectivity index (χ4n) is 1.81. The first-order chi connectivity index (χ1) is 6.31. The van der Waals surface area contributed by atoms with Crippen molar-refractivity contribution in [2.45, 2.75) is 12.5 Å². The number of aliphatic hydroxyl groups is 1. The monoisotopic (exact) mass is 194 g/mol. The summed E-state index contributed by atoms with van der Waals surface area (Å²) in [4.78, 5) is 0. The summed E-state index contributed by atoms with van der Waals surface area (Å²) in [6, 6.07) is 9.82. The van der Waals surface area contributed by atoms with Gasteiger partial charge in [-0.05, 0) is 12.5 Å². The van der Waals surface area contributed by atoms with Crippen LogP contribution >= 0.6 is 0 Å². The van der Waals surface area contributed by atoms with E-state index in [1.54, 1.807) is 0 Å². The van der Waals surface area contributed by atoms with Gasteiger partial charge >= 0.3 is 0 Å². The third kappa shape index (κ3) is 3.13. The molecule has 0 radical (unpaired) electrons. The van der Waals surface area contributed by atoms with E-state index in [1.165, 1.54) is 0 Å². The molecule has 0 aromatic heterocycles. The molecule has 2 nitrogen and oxygen atoms in total. The number of hydrogen-bond donors (Lipinski definition) is 1. The number of likely N-dealkylation sites (N-methyl/N-ethyl adjacent to an activating group) is 1. The normalized spacial score (nSPS) is 16.4. The van der Waals surface area contributed by atoms with Crippen molar-refractivity contribution in [1.82, 2.24) is 0 Å². The molecule has 1 rings (SSSR count). The Hall–Kier alpha value is -0.860. The van der Waals surface area contributed by atoms with Crippen LogP contribution in [0.1, 0.15) is 12.5 Å². The van der Waals surface area contributed by atoms with Gasteiger partial charge in [0.15, 0.2) is 0 Å². The first-order valence-corrected chi connectivity index (χ1v) is 4.90. The van der Waals surface area contributed by atoms with E-state index < -0.39 is 5.60 Å². The molecule has 0 fully saturated rings. The first-order valence-electron chi connectivity index (χ1n) is 4.90. The third-order valence-electron chi connectivity index (χ3n) is 2.18. The third-order valence-corrected chi connectivity index (χ3v) is 2.18. The summed E-state index contributed by atoms with van der Waals surface area (Å²) in [6.07, 6.45) is 0. The number of benzene rings is 1. The summed E-state index contributed by atoms with van der Waals surface area (Å²) >= 11 is 0. The van der Waals surface area contributed by atoms with Crippen LogP contribution in [-0.4, -0.2) is 37.3 Å². The molecule has 14 heavy (non-hydrogen) atoms. The molecule has 1 aromatic rings. The van der Waals surface area contributed by atoms with Gasteiger partial charge in [0.05, 0.1) is 21.1 Å². The van der Waals surface area contributed by atoms with Gasteiger partial charge in [0, 0.05) is 0 Å². The standard InChI is InChI=1S/C12H20NO/c1-12(14,10-13(2,3)4)11-8-6-5-7-9-11/h5-9,14H,10H2,1-4H3/q+1. The maximum atomic E-state index is 10.3. The fourth-order valence-corrected chi connectivity index (χ4v) is 1.81. The molecule has 1 N–H and O–H groups in total. The first kappa shape index (κ1) is 11.2. The molecule has 0 heterocycles. The predicted octanol–water partition coefficient (Wildman–Crippen LogP) is 1.60. The molecule has 1 unspecified atom stereocenters. The minimum Gasteiger partial charge on any atom is -0.380 e. The number of nitrogens with zero attached hydrogens (tertiary/aromatic N) is 1. The van der Waals surface area contributed by atoms with E-state index >= 15 is 0 Å². The van der Waals surface area contributed by atoms with Crippen LogP contribution in [0.2, 0.25) is 0 Å². The minimum absolute atomic E-state index is 0.705. The highest BCUT2D eigenvalue weighted by atomic mass is 16.3. The van der Waals surface area contributed by atoms with E-state index in [0.717, 1.165) is 10.0 Å². The Morgan fingerprint density at radius 3 is 2.07 bits per heavy atom. The molecule has 0 spiro atoms. The van der Waals surface area contributed by atoms with Gasteiger partial charge in [0.2, 0.25) is 0 Å². The topological polar surface area (TPSA) is 20.2 Å². The maximum absolute atomic E-state index is 10.3. The number of hydrogen-bond acceptors (Lipinski definition) is 1. The van der Waals surface area contributed by atoms with Crippen molar-refractivity contribution in [3.05, 3.63) is 35.9 Å². The van der Waals surface area contributed by atoms with Crippen molar-refractivity contribution in [1.29, 1.82) is 0 Å². The van der Waals surface area contributed by atoms with Crippen molar-refractivity contribution < 1.29 is 9.59 Å². The molecule has 0 saturated heterocycles. The van der Waals surface area contributed by atoms with Crippen LogP contribution in [0, 0.1) is 0 Å². The van der Waals surface area contributed by atoms with Crippen LogP contribution in [0.4, 0.5) is 0 Å². The molecule has 78 valence electrons. The minimum atomic E-state index is -0.750. The zero-order valence-electron chi connectivity index (χ0n) is 9.49. The summed E-state index contributed by atoms with van der Waals surface area (Å²) < 4.78 is 0.752. The molecule has 0 bridgehead atoms. The molecule has 0 saturated carbocycles. The molecule has 0 aliphatic heterocycles. The second-order valence-corrected chi connectivity index (χ2v) is 5.09. The van der Waals surface area contributed by atoms with Gasteiger partial charge in [-0.3, -0.25) is 0 Å². The molecular formula is C12H20NO+. The summed E-state index contributed by atoms with van der Waals surface area (Å²) in [5, 5.41) is 10.3. The SMILES string of the molecule is CC(O)(C[N+](C)(C)C)c1ccccc1. The van der Waals surface area contributed by atoms with Crippen LogP contribution in [0.25, 0.3) is 0 Å². The summed E-state index contributed by atoms with van der Waals surface area (Å²) in [5.74, 6) is 0. The van der Waals surface area contributed by atoms with Crippen molar-refractivity contribution in [2.24, 2.45) is 0 Å². The van der Waals surface area contributed by atoms with Gasteiger partial charge in [0.1, 0.15) is 12.1 Å². The van der Waals surface area contributed by atoms with Crippen LogP contribution in [0.3, 0.4) is 0 Å². The van der Waals surface area contributed by atoms with E-state index in [4.69, 9.17) is 0 Å². The largest absolute Gasteiger partial charge is 0.380 e. The van der Waals surface area contributed by atoms with Gasteiger partial charge in [-0.2, -0.15) is 0 Å². The molecule has 0 aliphatic rings. The molecule has 2 heteroatoms. The Bertz CT molecular complexity index is 285. The lowest BCUT2D eigenvalue weighted by Crippen LogP contribution is -2.46. The van der Waals surface area contributed by atoms with Crippen LogP contribution < -0.4 is 0 Å². The van der Waals surface area contributed by atoms with E-state index in [1.807, 2.05) is 37.3 Å². The van der Waals surface area contributed by atoms with Crippen LogP contribution in [0.5, 0.6) is 0 Å². The van der Waals surface area contributed by atoms with Crippen LogP contribution in [0.15, 0.2) is 30.3 Å². The number of rotatable bonds is 3. The molecule has 1 aromatic carbocycles. The summed E-state index contributed by atoms with van der Waals surface area (Å²) in [7, 11) is 6.24. The second kappa shape index (κ2) is 3.71. The Kier molecular flexibility index (Phi) is 2.98. The van der Waals surface area contributed by atoms with E-state index in [2.05, 4.69) is 21.1 Å². The summed E-state index contributed by atoms with van der Waals surface area (Å²) in [6.45, 7) is 2.57. The van der Waals surface area contributed by atoms with Crippen LogP contribution in [-0.2, 0) is 5.60 Å². The highest BCUT2D eigenvalue weighted by molar-refractivity contribution is 5.21. The molecule has 0 amide bonds. The Morgan fingerprint density at radius 2 is 1.64 bits per heavy atom. The highest BCUT2D eigenvalue weighted by Crippen LogP contribution is 2.22. The van der Waals surface area contributed by atoms with E-state index in [0.29, 0.717) is 6.54 Å². The predicted molar refractivity (Wildman–Crippen MR) is 58.9 cm³/mol. The van der Waals surface area contributed by atoms with Gasteiger partial charge in [-0.15, -0.1) is 0 Å². The maximum Gasteiger partial charge on any atom is 0.135 e. The van der Waals surface area contributed by atoms with Crippen molar-refractivity contribution >= 4 is 0 Å². The van der Waals surface area contributed by atoms with Gasteiger partial charge < -0.3 is 9.59 Å². The van der Waals surface area contributed by atoms with Crippen molar-refractivity contribution in [3.63, 3.8) is 0 Å². The van der Waals surface area contributed by atoms with Crippen molar-refractivity contribution in [3.8, 4) is 0 Å². The van der Waals surface area contributed by atoms with E-state index in [9.17, 15) is 5.11 Å². The van der Waals surface area contributed by atoms with Gasteiger partial charge in [-0.25, -0.2) is 0 Å². The van der Waals surface area contributed by atoms with Crippen molar-refractivity contribution in [2.75, 3.05) is 27.7 Å². The Labute approximate surface area is 86.4 Å². The number of quaternary nitrogens is 1. The smallest absolute Gasteiger partial charge is 0.135 e. The quantitative estimate of drug-likeness (QED) is 0.725.